The molecule has 0 saturated heterocycles. The number of aryl methyl sites for hydroxylation is 1. The van der Waals surface area contributed by atoms with Crippen molar-refractivity contribution in [1.29, 1.82) is 0 Å². The van der Waals surface area contributed by atoms with E-state index in [4.69, 9.17) is 16.6 Å². The topological polar surface area (TPSA) is 30.7 Å². The van der Waals surface area contributed by atoms with E-state index < -0.39 is 0 Å². The molecule has 3 nitrogen and oxygen atoms in total. The van der Waals surface area contributed by atoms with Crippen LogP contribution in [0.25, 0.3) is 11.2 Å². The van der Waals surface area contributed by atoms with Crippen LogP contribution in [0.1, 0.15) is 30.1 Å². The summed E-state index contributed by atoms with van der Waals surface area (Å²) in [5.74, 6) is 1.60. The molecule has 0 spiro atoms. The maximum Gasteiger partial charge on any atom is 0.160 e. The quantitative estimate of drug-likeness (QED) is 0.659. The molecule has 0 N–H and O–H groups in total. The van der Waals surface area contributed by atoms with E-state index in [2.05, 4.69) is 34.0 Å². The zero-order chi connectivity index (χ0) is 13.9. The van der Waals surface area contributed by atoms with Gasteiger partial charge in [0.2, 0.25) is 0 Å². The maximum absolute atomic E-state index is 5.94. The van der Waals surface area contributed by atoms with E-state index in [-0.39, 0.29) is 6.04 Å². The third-order valence-corrected chi connectivity index (χ3v) is 4.57. The van der Waals surface area contributed by atoms with Gasteiger partial charge in [0.25, 0.3) is 0 Å². The summed E-state index contributed by atoms with van der Waals surface area (Å²) in [5, 5.41) is 2.12. The van der Waals surface area contributed by atoms with Crippen molar-refractivity contribution in [2.45, 2.75) is 25.8 Å². The fourth-order valence-corrected chi connectivity index (χ4v) is 3.63. The highest BCUT2D eigenvalue weighted by Gasteiger charge is 2.20. The first-order chi connectivity index (χ1) is 9.85. The van der Waals surface area contributed by atoms with Gasteiger partial charge in [0.1, 0.15) is 11.3 Å². The van der Waals surface area contributed by atoms with Crippen molar-refractivity contribution in [3.63, 3.8) is 0 Å². The number of nitrogens with zero attached hydrogens (tertiary/aromatic N) is 3. The average Bonchev–Trinajstić information content (AvgIpc) is 3.09. The summed E-state index contributed by atoms with van der Waals surface area (Å²) in [6.45, 7) is 2.20. The van der Waals surface area contributed by atoms with Crippen LogP contribution in [-0.4, -0.2) is 20.4 Å². The molecule has 3 aromatic rings. The van der Waals surface area contributed by atoms with Gasteiger partial charge in [0, 0.05) is 23.4 Å². The highest BCUT2D eigenvalue weighted by atomic mass is 35.5. The van der Waals surface area contributed by atoms with Crippen molar-refractivity contribution in [1.82, 2.24) is 14.5 Å². The Hall–Kier alpha value is -1.39. The van der Waals surface area contributed by atoms with Crippen LogP contribution < -0.4 is 0 Å². The molecule has 0 aliphatic rings. The van der Waals surface area contributed by atoms with Crippen LogP contribution in [0.4, 0.5) is 0 Å². The molecule has 0 bridgehead atoms. The molecule has 1 unspecified atom stereocenters. The molecule has 0 fully saturated rings. The monoisotopic (exact) mass is 305 g/mol. The molecule has 0 saturated carbocycles. The number of thiophene rings is 1. The first kappa shape index (κ1) is 13.6. The lowest BCUT2D eigenvalue weighted by atomic mass is 10.1. The van der Waals surface area contributed by atoms with E-state index in [9.17, 15) is 0 Å². The number of rotatable bonds is 5. The summed E-state index contributed by atoms with van der Waals surface area (Å²) in [5.41, 5.74) is 1.90. The molecule has 0 aliphatic heterocycles. The van der Waals surface area contributed by atoms with E-state index in [1.54, 1.807) is 11.3 Å². The van der Waals surface area contributed by atoms with Gasteiger partial charge in [-0.05, 0) is 30.0 Å². The molecular weight excluding hydrogens is 290 g/mol. The van der Waals surface area contributed by atoms with Crippen LogP contribution in [0.15, 0.2) is 35.8 Å². The largest absolute Gasteiger partial charge is 0.304 e. The lowest BCUT2D eigenvalue weighted by Crippen LogP contribution is -2.13. The number of aromatic nitrogens is 3. The second-order valence-electron chi connectivity index (χ2n) is 4.62. The van der Waals surface area contributed by atoms with Crippen molar-refractivity contribution in [3.05, 3.63) is 46.5 Å². The average molecular weight is 306 g/mol. The minimum atomic E-state index is 0.285. The summed E-state index contributed by atoms with van der Waals surface area (Å²) >= 11 is 7.72. The molecule has 104 valence electrons. The van der Waals surface area contributed by atoms with Crippen molar-refractivity contribution >= 4 is 34.1 Å². The van der Waals surface area contributed by atoms with Crippen LogP contribution >= 0.6 is 22.9 Å². The smallest absolute Gasteiger partial charge is 0.160 e. The number of pyridine rings is 1. The molecule has 3 aromatic heterocycles. The van der Waals surface area contributed by atoms with Gasteiger partial charge in [-0.3, -0.25) is 0 Å². The van der Waals surface area contributed by atoms with Gasteiger partial charge in [0.05, 0.1) is 6.04 Å². The zero-order valence-electron chi connectivity index (χ0n) is 11.3. The minimum Gasteiger partial charge on any atom is -0.304 e. The zero-order valence-corrected chi connectivity index (χ0v) is 12.9. The van der Waals surface area contributed by atoms with E-state index in [1.807, 2.05) is 18.3 Å². The summed E-state index contributed by atoms with van der Waals surface area (Å²) in [6.07, 6.45) is 3.60. The molecule has 1 atom stereocenters. The predicted molar refractivity (Wildman–Crippen MR) is 84.7 cm³/mol. The molecule has 5 heteroatoms. The standard InChI is InChI=1S/C15H16ClN3S/c1-2-12(13-6-4-10-20-13)19-14(7-8-16)18-11-5-3-9-17-15(11)19/h3-6,9-10,12H,2,7-8H2,1H3. The predicted octanol–water partition coefficient (Wildman–Crippen LogP) is 4.27. The van der Waals surface area contributed by atoms with E-state index in [0.717, 1.165) is 29.8 Å². The molecule has 3 heterocycles. The number of fused-ring (bicyclic) bond motifs is 1. The Morgan fingerprint density at radius 2 is 2.25 bits per heavy atom. The Bertz CT molecular complexity index is 690. The van der Waals surface area contributed by atoms with Gasteiger partial charge in [-0.2, -0.15) is 0 Å². The third-order valence-electron chi connectivity index (χ3n) is 3.41. The summed E-state index contributed by atoms with van der Waals surface area (Å²) in [6, 6.07) is 8.50. The van der Waals surface area contributed by atoms with Gasteiger partial charge < -0.3 is 4.57 Å². The Balaban J connectivity index is 2.19. The van der Waals surface area contributed by atoms with Gasteiger partial charge in [0.15, 0.2) is 5.65 Å². The van der Waals surface area contributed by atoms with Gasteiger partial charge in [-0.25, -0.2) is 9.97 Å². The van der Waals surface area contributed by atoms with Crippen molar-refractivity contribution < 1.29 is 0 Å². The summed E-state index contributed by atoms with van der Waals surface area (Å²) in [7, 11) is 0. The molecule has 0 radical (unpaired) electrons. The lowest BCUT2D eigenvalue weighted by molar-refractivity contribution is 0.563. The van der Waals surface area contributed by atoms with Gasteiger partial charge >= 0.3 is 0 Å². The van der Waals surface area contributed by atoms with Crippen molar-refractivity contribution in [2.75, 3.05) is 5.88 Å². The second kappa shape index (κ2) is 5.94. The highest BCUT2D eigenvalue weighted by molar-refractivity contribution is 7.10. The molecule has 0 aliphatic carbocycles. The number of alkyl halides is 1. The van der Waals surface area contributed by atoms with E-state index in [1.165, 1.54) is 4.88 Å². The first-order valence-electron chi connectivity index (χ1n) is 6.76. The fourth-order valence-electron chi connectivity index (χ4n) is 2.56. The van der Waals surface area contributed by atoms with Crippen molar-refractivity contribution in [3.8, 4) is 0 Å². The molecule has 0 aromatic carbocycles. The second-order valence-corrected chi connectivity index (χ2v) is 5.98. The Kier molecular flexibility index (Phi) is 4.03. The Labute approximate surface area is 127 Å². The summed E-state index contributed by atoms with van der Waals surface area (Å²) < 4.78 is 2.25. The maximum atomic E-state index is 5.94. The fraction of sp³-hybridized carbons (Fsp3) is 0.333. The highest BCUT2D eigenvalue weighted by Crippen LogP contribution is 2.30. The normalized spacial score (nSPS) is 12.9. The molecule has 0 amide bonds. The minimum absolute atomic E-state index is 0.285. The van der Waals surface area contributed by atoms with Gasteiger partial charge in [-0.1, -0.05) is 13.0 Å². The van der Waals surface area contributed by atoms with Crippen molar-refractivity contribution in [2.24, 2.45) is 0 Å². The van der Waals surface area contributed by atoms with Crippen LogP contribution in [0.3, 0.4) is 0 Å². The number of hydrogen-bond acceptors (Lipinski definition) is 3. The van der Waals surface area contributed by atoms with Crippen LogP contribution in [-0.2, 0) is 6.42 Å². The van der Waals surface area contributed by atoms with Gasteiger partial charge in [-0.15, -0.1) is 22.9 Å². The van der Waals surface area contributed by atoms with E-state index >= 15 is 0 Å². The molecular formula is C15H16ClN3S. The van der Waals surface area contributed by atoms with E-state index in [0.29, 0.717) is 5.88 Å². The van der Waals surface area contributed by atoms with Crippen LogP contribution in [0.2, 0.25) is 0 Å². The Morgan fingerprint density at radius 1 is 1.35 bits per heavy atom. The first-order valence-corrected chi connectivity index (χ1v) is 8.17. The van der Waals surface area contributed by atoms with Crippen LogP contribution in [0.5, 0.6) is 0 Å². The summed E-state index contributed by atoms with van der Waals surface area (Å²) in [4.78, 5) is 10.6. The number of imidazole rings is 1. The molecule has 20 heavy (non-hydrogen) atoms. The van der Waals surface area contributed by atoms with Crippen LogP contribution in [0, 0.1) is 0 Å². The molecule has 3 rings (SSSR count). The third kappa shape index (κ3) is 2.34. The SMILES string of the molecule is CCC(c1cccs1)n1c(CCCl)nc2cccnc21. The number of hydrogen-bond donors (Lipinski definition) is 0. The Morgan fingerprint density at radius 3 is 2.95 bits per heavy atom. The number of halogens is 1. The lowest BCUT2D eigenvalue weighted by Gasteiger charge is -2.18.